The molecule has 7 rings (SSSR count). The third-order valence-corrected chi connectivity index (χ3v) is 8.04. The molecule has 4 aliphatic carbocycles. The van der Waals surface area contributed by atoms with Crippen LogP contribution in [0.5, 0.6) is 0 Å². The highest BCUT2D eigenvalue weighted by molar-refractivity contribution is 7.13. The molecule has 2 aromatic heterocycles. The quantitative estimate of drug-likeness (QED) is 0.629. The van der Waals surface area contributed by atoms with Gasteiger partial charge in [-0.1, -0.05) is 24.3 Å². The number of thiophene rings is 1. The van der Waals surface area contributed by atoms with E-state index in [1.807, 2.05) is 36.4 Å². The van der Waals surface area contributed by atoms with E-state index < -0.39 is 0 Å². The summed E-state index contributed by atoms with van der Waals surface area (Å²) in [5.74, 6) is 2.55. The molecule has 0 unspecified atom stereocenters. The van der Waals surface area contributed by atoms with E-state index in [4.69, 9.17) is 4.98 Å². The number of hydrogen-bond donors (Lipinski definition) is 1. The molecule has 3 nitrogen and oxygen atoms in total. The molecule has 2 heterocycles. The third-order valence-electron chi connectivity index (χ3n) is 7.15. The van der Waals surface area contributed by atoms with Crippen molar-refractivity contribution in [2.24, 2.45) is 17.8 Å². The molecule has 0 aliphatic heterocycles. The van der Waals surface area contributed by atoms with Gasteiger partial charge in [0.25, 0.3) is 5.91 Å². The lowest BCUT2D eigenvalue weighted by molar-refractivity contribution is -0.0166. The molecular weight excluding hydrogens is 364 g/mol. The summed E-state index contributed by atoms with van der Waals surface area (Å²) < 4.78 is 0. The molecule has 4 bridgehead atoms. The third kappa shape index (κ3) is 2.69. The number of fused-ring (bicyclic) bond motifs is 1. The predicted octanol–water partition coefficient (Wildman–Crippen LogP) is 5.66. The zero-order valence-corrected chi connectivity index (χ0v) is 16.7. The van der Waals surface area contributed by atoms with E-state index in [9.17, 15) is 4.79 Å². The van der Waals surface area contributed by atoms with E-state index >= 15 is 0 Å². The summed E-state index contributed by atoms with van der Waals surface area (Å²) in [6, 6.07) is 14.1. The molecule has 0 saturated heterocycles. The van der Waals surface area contributed by atoms with Crippen molar-refractivity contribution in [2.75, 3.05) is 0 Å². The molecule has 0 spiro atoms. The number of para-hydroxylation sites is 1. The van der Waals surface area contributed by atoms with Crippen molar-refractivity contribution < 1.29 is 4.79 Å². The monoisotopic (exact) mass is 388 g/mol. The highest BCUT2D eigenvalue weighted by Crippen LogP contribution is 2.55. The molecule has 4 aliphatic rings. The van der Waals surface area contributed by atoms with Gasteiger partial charge in [-0.05, 0) is 79.9 Å². The maximum atomic E-state index is 13.5. The Hall–Kier alpha value is -2.20. The van der Waals surface area contributed by atoms with Crippen molar-refractivity contribution in [1.29, 1.82) is 0 Å². The summed E-state index contributed by atoms with van der Waals surface area (Å²) in [6.45, 7) is 0. The summed E-state index contributed by atoms with van der Waals surface area (Å²) in [4.78, 5) is 19.5. The Kier molecular flexibility index (Phi) is 3.67. The Morgan fingerprint density at radius 3 is 2.39 bits per heavy atom. The molecular formula is C24H24N2OS. The number of nitrogens with one attached hydrogen (secondary N) is 1. The van der Waals surface area contributed by atoms with Gasteiger partial charge in [-0.2, -0.15) is 0 Å². The number of aromatic nitrogens is 1. The van der Waals surface area contributed by atoms with E-state index in [0.717, 1.165) is 44.8 Å². The van der Waals surface area contributed by atoms with Crippen LogP contribution in [0.15, 0.2) is 47.8 Å². The number of carbonyl (C=O) groups excluding carboxylic acids is 1. The Morgan fingerprint density at radius 2 is 1.71 bits per heavy atom. The molecule has 1 N–H and O–H groups in total. The molecule has 4 heteroatoms. The van der Waals surface area contributed by atoms with Crippen molar-refractivity contribution in [3.63, 3.8) is 0 Å². The average Bonchev–Trinajstić information content (AvgIpc) is 3.20. The van der Waals surface area contributed by atoms with Crippen LogP contribution < -0.4 is 5.32 Å². The van der Waals surface area contributed by atoms with Gasteiger partial charge < -0.3 is 5.32 Å². The van der Waals surface area contributed by atoms with Crippen molar-refractivity contribution in [1.82, 2.24) is 10.3 Å². The minimum atomic E-state index is 0.0271. The smallest absolute Gasteiger partial charge is 0.252 e. The number of pyridine rings is 1. The highest BCUT2D eigenvalue weighted by Gasteiger charge is 2.51. The van der Waals surface area contributed by atoms with Crippen LogP contribution in [-0.2, 0) is 0 Å². The Labute approximate surface area is 169 Å². The molecule has 1 aromatic carbocycles. The fourth-order valence-corrected chi connectivity index (χ4v) is 7.17. The van der Waals surface area contributed by atoms with Crippen LogP contribution >= 0.6 is 11.3 Å². The fraction of sp³-hybridized carbons (Fsp3) is 0.417. The minimum absolute atomic E-state index is 0.0271. The molecule has 0 atom stereocenters. The van der Waals surface area contributed by atoms with Crippen LogP contribution in [0.3, 0.4) is 0 Å². The first-order chi connectivity index (χ1) is 13.7. The highest BCUT2D eigenvalue weighted by atomic mass is 32.1. The van der Waals surface area contributed by atoms with Gasteiger partial charge in [0.15, 0.2) is 0 Å². The predicted molar refractivity (Wildman–Crippen MR) is 113 cm³/mol. The molecule has 28 heavy (non-hydrogen) atoms. The van der Waals surface area contributed by atoms with Crippen LogP contribution in [-0.4, -0.2) is 16.4 Å². The summed E-state index contributed by atoms with van der Waals surface area (Å²) in [5, 5.41) is 6.55. The van der Waals surface area contributed by atoms with Crippen molar-refractivity contribution in [2.45, 2.75) is 44.1 Å². The second kappa shape index (κ2) is 6.15. The lowest BCUT2D eigenvalue weighted by Gasteiger charge is -2.56. The second-order valence-electron chi connectivity index (χ2n) is 9.20. The largest absolute Gasteiger partial charge is 0.347 e. The maximum Gasteiger partial charge on any atom is 0.252 e. The normalized spacial score (nSPS) is 30.6. The van der Waals surface area contributed by atoms with E-state index in [2.05, 4.69) is 16.8 Å². The standard InChI is InChI=1S/C24H24N2OS/c27-23(26-24-12-15-8-16(13-24)10-17(9-15)14-24)19-11-21(22-6-3-7-28-22)25-20-5-2-1-4-18(19)20/h1-7,11,15-17H,8-10,12-14H2,(H,26,27). The molecule has 3 aromatic rings. The van der Waals surface area contributed by atoms with Crippen LogP contribution in [0.4, 0.5) is 0 Å². The first-order valence-corrected chi connectivity index (χ1v) is 11.3. The van der Waals surface area contributed by atoms with Gasteiger partial charge >= 0.3 is 0 Å². The van der Waals surface area contributed by atoms with E-state index in [1.54, 1.807) is 11.3 Å². The lowest BCUT2D eigenvalue weighted by Crippen LogP contribution is -2.59. The number of rotatable bonds is 3. The zero-order valence-electron chi connectivity index (χ0n) is 15.9. The van der Waals surface area contributed by atoms with Gasteiger partial charge in [0.1, 0.15) is 0 Å². The first-order valence-electron chi connectivity index (χ1n) is 10.4. The average molecular weight is 389 g/mol. The topological polar surface area (TPSA) is 42.0 Å². The van der Waals surface area contributed by atoms with E-state index in [0.29, 0.717) is 0 Å². The van der Waals surface area contributed by atoms with Gasteiger partial charge in [0.05, 0.1) is 21.7 Å². The summed E-state index contributed by atoms with van der Waals surface area (Å²) in [7, 11) is 0. The minimum Gasteiger partial charge on any atom is -0.347 e. The number of benzene rings is 1. The van der Waals surface area contributed by atoms with Gasteiger partial charge in [-0.3, -0.25) is 4.79 Å². The Bertz CT molecular complexity index is 1020. The fourth-order valence-electron chi connectivity index (χ4n) is 6.49. The number of hydrogen-bond acceptors (Lipinski definition) is 3. The Balaban J connectivity index is 1.40. The maximum absolute atomic E-state index is 13.5. The van der Waals surface area contributed by atoms with E-state index in [1.165, 1.54) is 38.5 Å². The number of carbonyl (C=O) groups is 1. The molecule has 142 valence electrons. The number of amides is 1. The van der Waals surface area contributed by atoms with E-state index in [-0.39, 0.29) is 11.4 Å². The van der Waals surface area contributed by atoms with Crippen LogP contribution in [0.1, 0.15) is 48.9 Å². The summed E-state index contributed by atoms with van der Waals surface area (Å²) >= 11 is 1.67. The molecule has 1 amide bonds. The zero-order chi connectivity index (χ0) is 18.7. The van der Waals surface area contributed by atoms with Gasteiger partial charge in [0.2, 0.25) is 0 Å². The van der Waals surface area contributed by atoms with Crippen molar-refractivity contribution in [3.05, 3.63) is 53.4 Å². The van der Waals surface area contributed by atoms with Crippen LogP contribution in [0.2, 0.25) is 0 Å². The van der Waals surface area contributed by atoms with Gasteiger partial charge in [0, 0.05) is 10.9 Å². The molecule has 4 fully saturated rings. The van der Waals surface area contributed by atoms with Crippen LogP contribution in [0, 0.1) is 17.8 Å². The van der Waals surface area contributed by atoms with Crippen molar-refractivity contribution >= 4 is 28.1 Å². The summed E-state index contributed by atoms with van der Waals surface area (Å²) in [5.41, 5.74) is 2.58. The first kappa shape index (κ1) is 16.7. The second-order valence-corrected chi connectivity index (χ2v) is 10.1. The molecule has 0 radical (unpaired) electrons. The van der Waals surface area contributed by atoms with Crippen molar-refractivity contribution in [3.8, 4) is 10.6 Å². The Morgan fingerprint density at radius 1 is 1.00 bits per heavy atom. The number of nitrogens with zero attached hydrogens (tertiary/aromatic N) is 1. The SMILES string of the molecule is O=C(NC12CC3CC(CC(C3)C1)C2)c1cc(-c2cccs2)nc2ccccc12. The molecule has 4 saturated carbocycles. The summed E-state index contributed by atoms with van der Waals surface area (Å²) in [6.07, 6.45) is 7.67. The van der Waals surface area contributed by atoms with Gasteiger partial charge in [-0.25, -0.2) is 4.98 Å². The van der Waals surface area contributed by atoms with Gasteiger partial charge in [-0.15, -0.1) is 11.3 Å². The lowest BCUT2D eigenvalue weighted by atomic mass is 9.53. The van der Waals surface area contributed by atoms with Crippen LogP contribution in [0.25, 0.3) is 21.5 Å².